The first-order chi connectivity index (χ1) is 10.7. The summed E-state index contributed by atoms with van der Waals surface area (Å²) in [5.74, 6) is 0.665. The molecular weight excluding hydrogens is 274 g/mol. The molecule has 0 atom stereocenters. The zero-order valence-corrected chi connectivity index (χ0v) is 13.2. The van der Waals surface area contributed by atoms with Gasteiger partial charge in [0.1, 0.15) is 5.82 Å². The summed E-state index contributed by atoms with van der Waals surface area (Å²) < 4.78 is 0. The van der Waals surface area contributed by atoms with Gasteiger partial charge in [0.2, 0.25) is 0 Å². The number of amides is 1. The highest BCUT2D eigenvalue weighted by atomic mass is 16.1. The summed E-state index contributed by atoms with van der Waals surface area (Å²) in [6.07, 6.45) is 3.72. The number of carbonyl (C=O) groups excluding carboxylic acids is 1. The Balaban J connectivity index is 1.93. The average Bonchev–Trinajstić information content (AvgIpc) is 2.55. The number of pyridine rings is 1. The third kappa shape index (κ3) is 4.88. The van der Waals surface area contributed by atoms with Crippen LogP contribution in [0.25, 0.3) is 0 Å². The van der Waals surface area contributed by atoms with Crippen LogP contribution >= 0.6 is 0 Å². The van der Waals surface area contributed by atoms with Gasteiger partial charge in [-0.05, 0) is 31.0 Å². The van der Waals surface area contributed by atoms with Crippen LogP contribution in [0.5, 0.6) is 0 Å². The van der Waals surface area contributed by atoms with Crippen molar-refractivity contribution in [2.24, 2.45) is 0 Å². The molecular formula is C18H23N3O. The maximum atomic E-state index is 12.0. The summed E-state index contributed by atoms with van der Waals surface area (Å²) in [4.78, 5) is 16.3. The van der Waals surface area contributed by atoms with Gasteiger partial charge in [0.05, 0.1) is 0 Å². The van der Waals surface area contributed by atoms with E-state index in [1.807, 2.05) is 0 Å². The molecule has 2 aromatic rings. The van der Waals surface area contributed by atoms with E-state index < -0.39 is 0 Å². The van der Waals surface area contributed by atoms with Crippen molar-refractivity contribution < 1.29 is 4.79 Å². The van der Waals surface area contributed by atoms with Crippen LogP contribution in [-0.2, 0) is 6.54 Å². The highest BCUT2D eigenvalue weighted by molar-refractivity contribution is 5.94. The first kappa shape index (κ1) is 16.0. The number of aryl methyl sites for hydroxylation is 1. The molecule has 1 aromatic heterocycles. The Bertz CT molecular complexity index is 608. The summed E-state index contributed by atoms with van der Waals surface area (Å²) in [5, 5.41) is 6.16. The number of hydrogen-bond acceptors (Lipinski definition) is 3. The Labute approximate surface area is 132 Å². The lowest BCUT2D eigenvalue weighted by Crippen LogP contribution is -2.24. The molecule has 2 rings (SSSR count). The van der Waals surface area contributed by atoms with Crippen molar-refractivity contribution in [3.05, 3.63) is 59.3 Å². The van der Waals surface area contributed by atoms with Gasteiger partial charge in [-0.2, -0.15) is 0 Å². The summed E-state index contributed by atoms with van der Waals surface area (Å²) in [6, 6.07) is 11.9. The van der Waals surface area contributed by atoms with Gasteiger partial charge in [0.25, 0.3) is 5.91 Å². The van der Waals surface area contributed by atoms with Gasteiger partial charge in [-0.1, -0.05) is 43.2 Å². The standard InChI is InChI=1S/C18H23N3O/c1-3-4-10-20-18(22)16-9-11-19-17(12-16)21-13-15-7-5-14(2)6-8-15/h5-9,11-12H,3-4,10,13H2,1-2H3,(H,19,21)(H,20,22). The predicted octanol–water partition coefficient (Wildman–Crippen LogP) is 3.53. The van der Waals surface area contributed by atoms with Crippen LogP contribution in [0.3, 0.4) is 0 Å². The van der Waals surface area contributed by atoms with Gasteiger partial charge < -0.3 is 10.6 Å². The zero-order chi connectivity index (χ0) is 15.8. The number of benzene rings is 1. The van der Waals surface area contributed by atoms with E-state index in [-0.39, 0.29) is 5.91 Å². The van der Waals surface area contributed by atoms with E-state index in [1.165, 1.54) is 11.1 Å². The van der Waals surface area contributed by atoms with E-state index >= 15 is 0 Å². The molecule has 0 radical (unpaired) electrons. The van der Waals surface area contributed by atoms with Crippen LogP contribution in [0, 0.1) is 6.92 Å². The number of anilines is 1. The van der Waals surface area contributed by atoms with Crippen molar-refractivity contribution in [3.8, 4) is 0 Å². The smallest absolute Gasteiger partial charge is 0.251 e. The lowest BCUT2D eigenvalue weighted by Gasteiger charge is -2.08. The fourth-order valence-corrected chi connectivity index (χ4v) is 2.05. The molecule has 0 fully saturated rings. The first-order valence-electron chi connectivity index (χ1n) is 7.72. The minimum atomic E-state index is -0.0470. The fourth-order valence-electron chi connectivity index (χ4n) is 2.05. The van der Waals surface area contributed by atoms with Gasteiger partial charge in [0, 0.05) is 24.8 Å². The van der Waals surface area contributed by atoms with Crippen molar-refractivity contribution in [1.82, 2.24) is 10.3 Å². The van der Waals surface area contributed by atoms with E-state index in [9.17, 15) is 4.79 Å². The van der Waals surface area contributed by atoms with Crippen molar-refractivity contribution in [2.45, 2.75) is 33.2 Å². The number of carbonyl (C=O) groups is 1. The topological polar surface area (TPSA) is 54.0 Å². The Hall–Kier alpha value is -2.36. The summed E-state index contributed by atoms with van der Waals surface area (Å²) in [7, 11) is 0. The number of nitrogens with zero attached hydrogens (tertiary/aromatic N) is 1. The van der Waals surface area contributed by atoms with Crippen LogP contribution in [0.1, 0.15) is 41.3 Å². The zero-order valence-electron chi connectivity index (χ0n) is 13.2. The molecule has 1 heterocycles. The first-order valence-corrected chi connectivity index (χ1v) is 7.72. The maximum Gasteiger partial charge on any atom is 0.251 e. The molecule has 0 unspecified atom stereocenters. The molecule has 0 aliphatic carbocycles. The highest BCUT2D eigenvalue weighted by Gasteiger charge is 2.06. The predicted molar refractivity (Wildman–Crippen MR) is 90.0 cm³/mol. The van der Waals surface area contributed by atoms with Crippen LogP contribution in [-0.4, -0.2) is 17.4 Å². The van der Waals surface area contributed by atoms with Crippen molar-refractivity contribution >= 4 is 11.7 Å². The lowest BCUT2D eigenvalue weighted by molar-refractivity contribution is 0.0953. The number of rotatable bonds is 7. The molecule has 1 aromatic carbocycles. The molecule has 0 aliphatic heterocycles. The molecule has 0 saturated heterocycles. The summed E-state index contributed by atoms with van der Waals surface area (Å²) in [6.45, 7) is 5.57. The van der Waals surface area contributed by atoms with Gasteiger partial charge in [0.15, 0.2) is 0 Å². The largest absolute Gasteiger partial charge is 0.366 e. The molecule has 0 aliphatic rings. The SMILES string of the molecule is CCCCNC(=O)c1ccnc(NCc2ccc(C)cc2)c1. The van der Waals surface area contributed by atoms with Gasteiger partial charge >= 0.3 is 0 Å². The molecule has 22 heavy (non-hydrogen) atoms. The van der Waals surface area contributed by atoms with E-state index in [0.717, 1.165) is 12.8 Å². The maximum absolute atomic E-state index is 12.0. The molecule has 1 amide bonds. The summed E-state index contributed by atoms with van der Waals surface area (Å²) in [5.41, 5.74) is 3.07. The van der Waals surface area contributed by atoms with E-state index in [2.05, 4.69) is 53.7 Å². The lowest BCUT2D eigenvalue weighted by atomic mass is 10.1. The Morgan fingerprint density at radius 2 is 1.95 bits per heavy atom. The van der Waals surface area contributed by atoms with Crippen molar-refractivity contribution in [1.29, 1.82) is 0 Å². The number of nitrogens with one attached hydrogen (secondary N) is 2. The fraction of sp³-hybridized carbons (Fsp3) is 0.333. The minimum absolute atomic E-state index is 0.0470. The third-order valence-electron chi connectivity index (χ3n) is 3.43. The molecule has 4 nitrogen and oxygen atoms in total. The molecule has 0 saturated carbocycles. The van der Waals surface area contributed by atoms with Crippen LogP contribution in [0.15, 0.2) is 42.6 Å². The average molecular weight is 297 g/mol. The number of unbranched alkanes of at least 4 members (excludes halogenated alkanes) is 1. The van der Waals surface area contributed by atoms with Crippen molar-refractivity contribution in [3.63, 3.8) is 0 Å². The van der Waals surface area contributed by atoms with Crippen LogP contribution < -0.4 is 10.6 Å². The van der Waals surface area contributed by atoms with Gasteiger partial charge in [-0.15, -0.1) is 0 Å². The molecule has 2 N–H and O–H groups in total. The quantitative estimate of drug-likeness (QED) is 0.769. The molecule has 0 spiro atoms. The monoisotopic (exact) mass is 297 g/mol. The third-order valence-corrected chi connectivity index (χ3v) is 3.43. The van der Waals surface area contributed by atoms with E-state index in [1.54, 1.807) is 18.3 Å². The minimum Gasteiger partial charge on any atom is -0.366 e. The molecule has 0 bridgehead atoms. The van der Waals surface area contributed by atoms with E-state index in [4.69, 9.17) is 0 Å². The Morgan fingerprint density at radius 3 is 2.68 bits per heavy atom. The van der Waals surface area contributed by atoms with Crippen LogP contribution in [0.4, 0.5) is 5.82 Å². The second-order valence-electron chi connectivity index (χ2n) is 5.38. The number of hydrogen-bond donors (Lipinski definition) is 2. The second kappa shape index (κ2) is 8.17. The summed E-state index contributed by atoms with van der Waals surface area (Å²) >= 11 is 0. The van der Waals surface area contributed by atoms with Gasteiger partial charge in [-0.3, -0.25) is 4.79 Å². The normalized spacial score (nSPS) is 10.3. The molecule has 4 heteroatoms. The Kier molecular flexibility index (Phi) is 5.95. The van der Waals surface area contributed by atoms with Crippen LogP contribution in [0.2, 0.25) is 0 Å². The highest BCUT2D eigenvalue weighted by Crippen LogP contribution is 2.10. The second-order valence-corrected chi connectivity index (χ2v) is 5.38. The van der Waals surface area contributed by atoms with E-state index in [0.29, 0.717) is 24.5 Å². The molecule has 116 valence electrons. The van der Waals surface area contributed by atoms with Crippen molar-refractivity contribution in [2.75, 3.05) is 11.9 Å². The van der Waals surface area contributed by atoms with Gasteiger partial charge in [-0.25, -0.2) is 4.98 Å². The Morgan fingerprint density at radius 1 is 1.18 bits per heavy atom. The number of aromatic nitrogens is 1.